The first kappa shape index (κ1) is 17.1. The van der Waals surface area contributed by atoms with Gasteiger partial charge in [0.15, 0.2) is 11.5 Å². The number of carbonyl (C=O) groups excluding carboxylic acids is 1. The van der Waals surface area contributed by atoms with Gasteiger partial charge >= 0.3 is 6.61 Å². The Hall–Kier alpha value is -1.69. The molecule has 0 aromatic heterocycles. The zero-order valence-electron chi connectivity index (χ0n) is 14.3. The maximum Gasteiger partial charge on any atom is 0.387 e. The molecule has 0 spiro atoms. The first-order chi connectivity index (χ1) is 11.3. The summed E-state index contributed by atoms with van der Waals surface area (Å²) in [5.74, 6) is 0.620. The highest BCUT2D eigenvalue weighted by molar-refractivity contribution is 5.82. The van der Waals surface area contributed by atoms with Crippen molar-refractivity contribution in [2.75, 3.05) is 20.7 Å². The van der Waals surface area contributed by atoms with E-state index in [1.54, 1.807) is 12.1 Å². The average Bonchev–Trinajstić information content (AvgIpc) is 2.79. The molecule has 4 nitrogen and oxygen atoms in total. The summed E-state index contributed by atoms with van der Waals surface area (Å²) >= 11 is 0. The molecule has 1 aromatic rings. The number of halogens is 2. The molecule has 1 aliphatic heterocycles. The van der Waals surface area contributed by atoms with Gasteiger partial charge in [0, 0.05) is 23.8 Å². The third kappa shape index (κ3) is 2.48. The minimum Gasteiger partial charge on any atom is -0.493 e. The van der Waals surface area contributed by atoms with Crippen molar-refractivity contribution in [1.82, 2.24) is 4.90 Å². The summed E-state index contributed by atoms with van der Waals surface area (Å²) in [5.41, 5.74) is 0.588. The van der Waals surface area contributed by atoms with Gasteiger partial charge in [-0.25, -0.2) is 0 Å². The molecule has 24 heavy (non-hydrogen) atoms. The van der Waals surface area contributed by atoms with Crippen LogP contribution in [0.4, 0.5) is 8.78 Å². The van der Waals surface area contributed by atoms with Gasteiger partial charge in [-0.2, -0.15) is 8.78 Å². The molecule has 1 saturated carbocycles. The molecule has 0 radical (unpaired) electrons. The molecule has 0 amide bonds. The Labute approximate surface area is 140 Å². The van der Waals surface area contributed by atoms with Gasteiger partial charge in [-0.1, -0.05) is 6.07 Å². The monoisotopic (exact) mass is 339 g/mol. The Morgan fingerprint density at radius 1 is 1.25 bits per heavy atom. The van der Waals surface area contributed by atoms with Crippen molar-refractivity contribution < 1.29 is 23.0 Å². The van der Waals surface area contributed by atoms with Crippen LogP contribution in [0.5, 0.6) is 11.5 Å². The second-order valence-electron chi connectivity index (χ2n) is 6.99. The molecule has 1 aliphatic carbocycles. The smallest absolute Gasteiger partial charge is 0.387 e. The normalized spacial score (nSPS) is 30.5. The van der Waals surface area contributed by atoms with E-state index in [1.165, 1.54) is 7.11 Å². The van der Waals surface area contributed by atoms with E-state index in [-0.39, 0.29) is 22.5 Å². The van der Waals surface area contributed by atoms with Crippen molar-refractivity contribution in [1.29, 1.82) is 0 Å². The average molecular weight is 339 g/mol. The molecule has 1 saturated heterocycles. The highest BCUT2D eigenvalue weighted by Gasteiger charge is 2.58. The van der Waals surface area contributed by atoms with Gasteiger partial charge in [0.2, 0.25) is 0 Å². The van der Waals surface area contributed by atoms with E-state index < -0.39 is 6.61 Å². The molecule has 0 N–H and O–H groups in total. The molecule has 3 rings (SSSR count). The van der Waals surface area contributed by atoms with Gasteiger partial charge in [0.1, 0.15) is 5.78 Å². The minimum absolute atomic E-state index is 0.0348. The van der Waals surface area contributed by atoms with Crippen LogP contribution in [0.3, 0.4) is 0 Å². The molecule has 0 bridgehead atoms. The summed E-state index contributed by atoms with van der Waals surface area (Å²) in [7, 11) is 3.49. The number of alkyl halides is 2. The first-order valence-electron chi connectivity index (χ1n) is 8.19. The number of carbonyl (C=O) groups is 1. The fourth-order valence-corrected chi connectivity index (χ4v) is 4.52. The van der Waals surface area contributed by atoms with Gasteiger partial charge in [0.25, 0.3) is 0 Å². The number of rotatable bonds is 4. The number of fused-ring (bicyclic) bond motifs is 1. The second kappa shape index (κ2) is 5.99. The maximum atomic E-state index is 12.5. The van der Waals surface area contributed by atoms with Gasteiger partial charge < -0.3 is 9.47 Å². The predicted octanol–water partition coefficient (Wildman–Crippen LogP) is 3.38. The molecule has 2 aliphatic rings. The van der Waals surface area contributed by atoms with Crippen LogP contribution in [0.15, 0.2) is 18.2 Å². The van der Waals surface area contributed by atoms with E-state index in [1.807, 2.05) is 13.1 Å². The molecular weight excluding hydrogens is 316 g/mol. The van der Waals surface area contributed by atoms with E-state index >= 15 is 0 Å². The summed E-state index contributed by atoms with van der Waals surface area (Å²) in [6.07, 6.45) is 2.78. The van der Waals surface area contributed by atoms with E-state index in [2.05, 4.69) is 16.6 Å². The Kier molecular flexibility index (Phi) is 4.28. The lowest BCUT2D eigenvalue weighted by molar-refractivity contribution is -0.125. The number of Topliss-reactive ketones (excluding diaryl/α,β-unsaturated/α-hetero) is 1. The molecule has 1 heterocycles. The number of hydrogen-bond donors (Lipinski definition) is 0. The number of ether oxygens (including phenoxy) is 2. The lowest BCUT2D eigenvalue weighted by atomic mass is 9.58. The van der Waals surface area contributed by atoms with Crippen molar-refractivity contribution in [3.8, 4) is 11.5 Å². The summed E-state index contributed by atoms with van der Waals surface area (Å²) in [5, 5.41) is 0. The summed E-state index contributed by atoms with van der Waals surface area (Å²) in [6, 6.07) is 5.18. The van der Waals surface area contributed by atoms with Crippen LogP contribution >= 0.6 is 0 Å². The SMILES string of the molecule is COc1cc([C@]23CCC(=O)C[C@@]2(C)N(C)CC3)ccc1OC(F)F. The van der Waals surface area contributed by atoms with E-state index in [0.29, 0.717) is 18.6 Å². The lowest BCUT2D eigenvalue weighted by Gasteiger charge is -2.50. The predicted molar refractivity (Wildman–Crippen MR) is 85.8 cm³/mol. The standard InChI is InChI=1S/C18H23F2NO3/c1-17-11-13(22)6-7-18(17,8-9-21(17)2)12-4-5-14(24-16(19)20)15(10-12)23-3/h4-5,10,16H,6-9,11H2,1-3H3/t17-,18-/m1/s1. The number of benzene rings is 1. The van der Waals surface area contributed by atoms with Crippen molar-refractivity contribution in [3.05, 3.63) is 23.8 Å². The third-order valence-corrected chi connectivity index (χ3v) is 6.05. The number of likely N-dealkylation sites (N-methyl/N-ethyl adjacent to an activating group) is 1. The number of methoxy groups -OCH3 is 1. The van der Waals surface area contributed by atoms with E-state index in [9.17, 15) is 13.6 Å². The number of nitrogens with zero attached hydrogens (tertiary/aromatic N) is 1. The fourth-order valence-electron chi connectivity index (χ4n) is 4.52. The Morgan fingerprint density at radius 2 is 2.00 bits per heavy atom. The molecule has 132 valence electrons. The van der Waals surface area contributed by atoms with Gasteiger partial charge in [-0.15, -0.1) is 0 Å². The minimum atomic E-state index is -2.89. The Balaban J connectivity index is 2.05. The topological polar surface area (TPSA) is 38.8 Å². The van der Waals surface area contributed by atoms with Gasteiger partial charge in [-0.3, -0.25) is 9.69 Å². The van der Waals surface area contributed by atoms with Crippen molar-refractivity contribution in [3.63, 3.8) is 0 Å². The largest absolute Gasteiger partial charge is 0.493 e. The van der Waals surface area contributed by atoms with Crippen LogP contribution in [0.25, 0.3) is 0 Å². The maximum absolute atomic E-state index is 12.5. The van der Waals surface area contributed by atoms with E-state index in [0.717, 1.165) is 24.9 Å². The summed E-state index contributed by atoms with van der Waals surface area (Å²) in [4.78, 5) is 14.3. The molecule has 2 atom stereocenters. The van der Waals surface area contributed by atoms with Crippen LogP contribution in [0, 0.1) is 0 Å². The summed E-state index contributed by atoms with van der Waals surface area (Å²) < 4.78 is 34.9. The van der Waals surface area contributed by atoms with Crippen LogP contribution in [0.2, 0.25) is 0 Å². The van der Waals surface area contributed by atoms with Crippen molar-refractivity contribution in [2.45, 2.75) is 50.2 Å². The lowest BCUT2D eigenvalue weighted by Crippen LogP contribution is -2.56. The molecular formula is C18H23F2NO3. The van der Waals surface area contributed by atoms with Crippen LogP contribution in [0.1, 0.15) is 38.2 Å². The summed E-state index contributed by atoms with van der Waals surface area (Å²) in [6.45, 7) is 0.146. The second-order valence-corrected chi connectivity index (χ2v) is 6.99. The van der Waals surface area contributed by atoms with Crippen molar-refractivity contribution >= 4 is 5.78 Å². The van der Waals surface area contributed by atoms with Crippen LogP contribution in [-0.4, -0.2) is 43.5 Å². The molecule has 2 fully saturated rings. The molecule has 1 aromatic carbocycles. The third-order valence-electron chi connectivity index (χ3n) is 6.05. The van der Waals surface area contributed by atoms with Crippen LogP contribution in [-0.2, 0) is 10.2 Å². The van der Waals surface area contributed by atoms with Gasteiger partial charge in [0.05, 0.1) is 7.11 Å². The highest BCUT2D eigenvalue weighted by atomic mass is 19.3. The van der Waals surface area contributed by atoms with E-state index in [4.69, 9.17) is 4.74 Å². The van der Waals surface area contributed by atoms with Crippen molar-refractivity contribution in [2.24, 2.45) is 0 Å². The van der Waals surface area contributed by atoms with Crippen LogP contribution < -0.4 is 9.47 Å². The van der Waals surface area contributed by atoms with Gasteiger partial charge in [-0.05, 0) is 51.1 Å². The quantitative estimate of drug-likeness (QED) is 0.843. The Bertz CT molecular complexity index is 651. The zero-order chi connectivity index (χ0) is 17.5. The number of likely N-dealkylation sites (tertiary alicyclic amines) is 1. The molecule has 0 unspecified atom stereocenters. The highest BCUT2D eigenvalue weighted by Crippen LogP contribution is 2.55. The molecule has 6 heteroatoms. The number of ketones is 1. The zero-order valence-corrected chi connectivity index (χ0v) is 14.3. The number of hydrogen-bond acceptors (Lipinski definition) is 4. The Morgan fingerprint density at radius 3 is 2.67 bits per heavy atom. The first-order valence-corrected chi connectivity index (χ1v) is 8.19. The fraction of sp³-hybridized carbons (Fsp3) is 0.611.